The Bertz CT molecular complexity index is 575. The minimum atomic E-state index is -0.256. The molecule has 2 rings (SSSR count). The van der Waals surface area contributed by atoms with E-state index in [1.54, 1.807) is 19.4 Å². The van der Waals surface area contributed by atoms with Crippen molar-refractivity contribution >= 4 is 15.9 Å². The van der Waals surface area contributed by atoms with E-state index in [9.17, 15) is 4.39 Å². The Kier molecular flexibility index (Phi) is 5.09. The molecule has 0 spiro atoms. The van der Waals surface area contributed by atoms with Crippen molar-refractivity contribution in [2.45, 2.75) is 18.9 Å². The first kappa shape index (κ1) is 14.9. The van der Waals surface area contributed by atoms with Crippen molar-refractivity contribution in [1.82, 2.24) is 4.98 Å². The summed E-state index contributed by atoms with van der Waals surface area (Å²) < 4.78 is 18.8. The number of nitrogens with zero attached hydrogens (tertiary/aromatic N) is 1. The summed E-state index contributed by atoms with van der Waals surface area (Å²) >= 11 is 3.36. The number of methoxy groups -OCH3 is 1. The average Bonchev–Trinajstić information content (AvgIpc) is 2.43. The molecule has 0 fully saturated rings. The smallest absolute Gasteiger partial charge is 0.212 e. The maximum atomic E-state index is 13.0. The largest absolute Gasteiger partial charge is 0.481 e. The molecule has 0 saturated carbocycles. The van der Waals surface area contributed by atoms with Gasteiger partial charge in [-0.25, -0.2) is 9.37 Å². The Labute approximate surface area is 126 Å². The molecule has 1 unspecified atom stereocenters. The summed E-state index contributed by atoms with van der Waals surface area (Å²) in [6.45, 7) is 0. The minimum absolute atomic E-state index is 0.0491. The molecule has 3 nitrogen and oxygen atoms in total. The van der Waals surface area contributed by atoms with Crippen LogP contribution in [-0.2, 0) is 12.8 Å². The van der Waals surface area contributed by atoms with Crippen LogP contribution in [0.25, 0.3) is 0 Å². The molecule has 0 aliphatic carbocycles. The van der Waals surface area contributed by atoms with Crippen molar-refractivity contribution in [2.75, 3.05) is 7.11 Å². The fourth-order valence-corrected chi connectivity index (χ4v) is 2.51. The summed E-state index contributed by atoms with van der Waals surface area (Å²) in [7, 11) is 1.58. The monoisotopic (exact) mass is 338 g/mol. The summed E-state index contributed by atoms with van der Waals surface area (Å²) in [5.41, 5.74) is 8.19. The molecule has 0 amide bonds. The highest BCUT2D eigenvalue weighted by Crippen LogP contribution is 2.20. The quantitative estimate of drug-likeness (QED) is 0.911. The molecule has 1 atom stereocenters. The normalized spacial score (nSPS) is 12.2. The lowest BCUT2D eigenvalue weighted by Gasteiger charge is -2.13. The summed E-state index contributed by atoms with van der Waals surface area (Å²) in [5, 5.41) is 0. The van der Waals surface area contributed by atoms with Gasteiger partial charge < -0.3 is 10.5 Å². The number of hydrogen-bond acceptors (Lipinski definition) is 3. The standard InChI is InChI=1S/C15H16BrFN2O/c1-20-15-5-2-10(9-19-15)6-13(18)7-11-3-4-12(17)8-14(11)16/h2-5,8-9,13H,6-7,18H2,1H3. The lowest BCUT2D eigenvalue weighted by atomic mass is 10.0. The minimum Gasteiger partial charge on any atom is -0.481 e. The molecule has 2 aromatic rings. The van der Waals surface area contributed by atoms with Crippen LogP contribution in [0, 0.1) is 5.82 Å². The van der Waals surface area contributed by atoms with Gasteiger partial charge in [-0.1, -0.05) is 28.1 Å². The highest BCUT2D eigenvalue weighted by atomic mass is 79.9. The third kappa shape index (κ3) is 4.02. The van der Waals surface area contributed by atoms with Gasteiger partial charge in [-0.3, -0.25) is 0 Å². The van der Waals surface area contributed by atoms with E-state index in [0.717, 1.165) is 15.6 Å². The fraction of sp³-hybridized carbons (Fsp3) is 0.267. The van der Waals surface area contributed by atoms with Gasteiger partial charge in [0.25, 0.3) is 0 Å². The van der Waals surface area contributed by atoms with E-state index in [1.807, 2.05) is 12.1 Å². The number of nitrogens with two attached hydrogens (primary N) is 1. The van der Waals surface area contributed by atoms with Crippen LogP contribution < -0.4 is 10.5 Å². The van der Waals surface area contributed by atoms with Crippen LogP contribution in [0.4, 0.5) is 4.39 Å². The molecule has 0 aliphatic heterocycles. The van der Waals surface area contributed by atoms with Gasteiger partial charge in [0.05, 0.1) is 7.11 Å². The lowest BCUT2D eigenvalue weighted by Crippen LogP contribution is -2.25. The summed E-state index contributed by atoms with van der Waals surface area (Å²) in [6, 6.07) is 8.37. The van der Waals surface area contributed by atoms with Crippen LogP contribution in [0.2, 0.25) is 0 Å². The summed E-state index contributed by atoms with van der Waals surface area (Å²) in [5.74, 6) is 0.331. The van der Waals surface area contributed by atoms with Gasteiger partial charge in [0.15, 0.2) is 0 Å². The second-order valence-electron chi connectivity index (χ2n) is 4.61. The van der Waals surface area contributed by atoms with Crippen molar-refractivity contribution in [3.63, 3.8) is 0 Å². The number of benzene rings is 1. The molecular formula is C15H16BrFN2O. The van der Waals surface area contributed by atoms with Crippen LogP contribution in [0.5, 0.6) is 5.88 Å². The third-order valence-electron chi connectivity index (χ3n) is 3.00. The van der Waals surface area contributed by atoms with Gasteiger partial charge in [-0.05, 0) is 36.1 Å². The van der Waals surface area contributed by atoms with E-state index >= 15 is 0 Å². The molecule has 1 heterocycles. The number of pyridine rings is 1. The highest BCUT2D eigenvalue weighted by molar-refractivity contribution is 9.10. The van der Waals surface area contributed by atoms with E-state index in [2.05, 4.69) is 20.9 Å². The van der Waals surface area contributed by atoms with Crippen LogP contribution in [0.15, 0.2) is 41.0 Å². The molecule has 2 N–H and O–H groups in total. The van der Waals surface area contributed by atoms with Gasteiger partial charge in [0.1, 0.15) is 5.82 Å². The fourth-order valence-electron chi connectivity index (χ4n) is 2.00. The van der Waals surface area contributed by atoms with Gasteiger partial charge >= 0.3 is 0 Å². The summed E-state index contributed by atoms with van der Waals surface area (Å²) in [4.78, 5) is 4.15. The number of halogens is 2. The number of ether oxygens (including phenoxy) is 1. The zero-order valence-corrected chi connectivity index (χ0v) is 12.7. The van der Waals surface area contributed by atoms with Gasteiger partial charge in [0.2, 0.25) is 5.88 Å². The Morgan fingerprint density at radius 2 is 2.10 bits per heavy atom. The molecule has 1 aromatic heterocycles. The van der Waals surface area contributed by atoms with Crippen LogP contribution >= 0.6 is 15.9 Å². The van der Waals surface area contributed by atoms with Crippen LogP contribution in [0.3, 0.4) is 0 Å². The Morgan fingerprint density at radius 1 is 1.30 bits per heavy atom. The van der Waals surface area contributed by atoms with E-state index in [1.165, 1.54) is 12.1 Å². The maximum Gasteiger partial charge on any atom is 0.212 e. The first-order valence-corrected chi connectivity index (χ1v) is 7.06. The van der Waals surface area contributed by atoms with E-state index in [0.29, 0.717) is 18.7 Å². The first-order chi connectivity index (χ1) is 9.58. The molecule has 0 radical (unpaired) electrons. The molecule has 106 valence electrons. The highest BCUT2D eigenvalue weighted by Gasteiger charge is 2.09. The van der Waals surface area contributed by atoms with E-state index < -0.39 is 0 Å². The molecule has 5 heteroatoms. The van der Waals surface area contributed by atoms with Crippen molar-refractivity contribution < 1.29 is 9.13 Å². The van der Waals surface area contributed by atoms with Crippen molar-refractivity contribution in [2.24, 2.45) is 5.73 Å². The van der Waals surface area contributed by atoms with Crippen molar-refractivity contribution in [1.29, 1.82) is 0 Å². The predicted octanol–water partition coefficient (Wildman–Crippen LogP) is 3.10. The van der Waals surface area contributed by atoms with Gasteiger partial charge in [-0.15, -0.1) is 0 Å². The molecule has 1 aromatic carbocycles. The van der Waals surface area contributed by atoms with Crippen molar-refractivity contribution in [3.05, 3.63) is 57.9 Å². The maximum absolute atomic E-state index is 13.0. The molecule has 20 heavy (non-hydrogen) atoms. The van der Waals surface area contributed by atoms with E-state index in [4.69, 9.17) is 10.5 Å². The Morgan fingerprint density at radius 3 is 2.70 bits per heavy atom. The second-order valence-corrected chi connectivity index (χ2v) is 5.47. The lowest BCUT2D eigenvalue weighted by molar-refractivity contribution is 0.397. The number of rotatable bonds is 5. The topological polar surface area (TPSA) is 48.1 Å². The molecule has 0 bridgehead atoms. The Hall–Kier alpha value is -1.46. The second kappa shape index (κ2) is 6.81. The third-order valence-corrected chi connectivity index (χ3v) is 3.74. The van der Waals surface area contributed by atoms with E-state index in [-0.39, 0.29) is 11.9 Å². The van der Waals surface area contributed by atoms with Crippen molar-refractivity contribution in [3.8, 4) is 5.88 Å². The van der Waals surface area contributed by atoms with Crippen LogP contribution in [0.1, 0.15) is 11.1 Å². The zero-order valence-electron chi connectivity index (χ0n) is 11.1. The zero-order chi connectivity index (χ0) is 14.5. The molecule has 0 aliphatic rings. The first-order valence-electron chi connectivity index (χ1n) is 6.27. The van der Waals surface area contributed by atoms with Gasteiger partial charge in [-0.2, -0.15) is 0 Å². The predicted molar refractivity (Wildman–Crippen MR) is 80.3 cm³/mol. The molecule has 0 saturated heterocycles. The number of aromatic nitrogens is 1. The summed E-state index contributed by atoms with van der Waals surface area (Å²) in [6.07, 6.45) is 3.14. The Balaban J connectivity index is 1.99. The average molecular weight is 339 g/mol. The molecular weight excluding hydrogens is 323 g/mol. The van der Waals surface area contributed by atoms with Crippen LogP contribution in [-0.4, -0.2) is 18.1 Å². The SMILES string of the molecule is COc1ccc(CC(N)Cc2ccc(F)cc2Br)cn1. The van der Waals surface area contributed by atoms with Gasteiger partial charge in [0, 0.05) is 22.8 Å². The number of hydrogen-bond donors (Lipinski definition) is 1.